The number of sulfonamides is 1. The number of anilines is 1. The van der Waals surface area contributed by atoms with Gasteiger partial charge in [-0.1, -0.05) is 28.9 Å². The fraction of sp³-hybridized carbons (Fsp3) is 0.318. The van der Waals surface area contributed by atoms with Gasteiger partial charge in [0.1, 0.15) is 6.04 Å². The SMILES string of the molecule is Cc1ccc(S(=O)(=O)N2CCCC2C(=O)Nc2nnc(-c3ccc(C)c(C)c3)o2)cc1. The zero-order valence-electron chi connectivity index (χ0n) is 17.6. The molecule has 8 nitrogen and oxygen atoms in total. The third kappa shape index (κ3) is 4.24. The molecule has 0 spiro atoms. The number of aromatic nitrogens is 2. The van der Waals surface area contributed by atoms with E-state index in [4.69, 9.17) is 4.42 Å². The molecule has 0 radical (unpaired) electrons. The minimum Gasteiger partial charge on any atom is -0.403 e. The van der Waals surface area contributed by atoms with Crippen LogP contribution in [-0.2, 0) is 14.8 Å². The van der Waals surface area contributed by atoms with Crippen molar-refractivity contribution in [1.82, 2.24) is 14.5 Å². The summed E-state index contributed by atoms with van der Waals surface area (Å²) in [5.41, 5.74) is 3.95. The van der Waals surface area contributed by atoms with E-state index in [9.17, 15) is 13.2 Å². The fourth-order valence-electron chi connectivity index (χ4n) is 3.59. The van der Waals surface area contributed by atoms with Crippen LogP contribution in [0.2, 0.25) is 0 Å². The summed E-state index contributed by atoms with van der Waals surface area (Å²) in [6.45, 7) is 6.17. The van der Waals surface area contributed by atoms with Gasteiger partial charge in [0.25, 0.3) is 0 Å². The molecule has 4 rings (SSSR count). The van der Waals surface area contributed by atoms with Gasteiger partial charge in [-0.05, 0) is 69.0 Å². The van der Waals surface area contributed by atoms with Gasteiger partial charge in [0.15, 0.2) is 0 Å². The minimum absolute atomic E-state index is 0.0576. The highest BCUT2D eigenvalue weighted by Gasteiger charge is 2.39. The van der Waals surface area contributed by atoms with E-state index in [0.29, 0.717) is 12.8 Å². The summed E-state index contributed by atoms with van der Waals surface area (Å²) in [5.74, 6) is -0.197. The summed E-state index contributed by atoms with van der Waals surface area (Å²) < 4.78 is 32.9. The second-order valence-electron chi connectivity index (χ2n) is 7.79. The molecule has 0 saturated carbocycles. The average Bonchev–Trinajstić information content (AvgIpc) is 3.40. The van der Waals surface area contributed by atoms with Gasteiger partial charge in [0, 0.05) is 12.1 Å². The van der Waals surface area contributed by atoms with E-state index in [0.717, 1.165) is 22.3 Å². The smallest absolute Gasteiger partial charge is 0.322 e. The first kappa shape index (κ1) is 21.2. The van der Waals surface area contributed by atoms with Crippen LogP contribution >= 0.6 is 0 Å². The molecule has 0 bridgehead atoms. The lowest BCUT2D eigenvalue weighted by Crippen LogP contribution is -2.43. The molecule has 0 aliphatic carbocycles. The van der Waals surface area contributed by atoms with Crippen molar-refractivity contribution >= 4 is 21.9 Å². The first-order valence-electron chi connectivity index (χ1n) is 10.1. The van der Waals surface area contributed by atoms with Crippen LogP contribution in [0.4, 0.5) is 6.01 Å². The zero-order valence-corrected chi connectivity index (χ0v) is 18.4. The van der Waals surface area contributed by atoms with Crippen LogP contribution in [0, 0.1) is 20.8 Å². The van der Waals surface area contributed by atoms with Crippen LogP contribution in [0.3, 0.4) is 0 Å². The van der Waals surface area contributed by atoms with E-state index in [1.54, 1.807) is 24.3 Å². The molecular weight excluding hydrogens is 416 g/mol. The van der Waals surface area contributed by atoms with Crippen molar-refractivity contribution in [2.75, 3.05) is 11.9 Å². The van der Waals surface area contributed by atoms with Gasteiger partial charge in [0.2, 0.25) is 21.8 Å². The largest absolute Gasteiger partial charge is 0.403 e. The lowest BCUT2D eigenvalue weighted by atomic mass is 10.1. The van der Waals surface area contributed by atoms with Gasteiger partial charge in [-0.3, -0.25) is 10.1 Å². The molecule has 1 aliphatic rings. The van der Waals surface area contributed by atoms with E-state index in [1.807, 2.05) is 39.0 Å². The van der Waals surface area contributed by atoms with Crippen molar-refractivity contribution < 1.29 is 17.6 Å². The molecule has 1 unspecified atom stereocenters. The summed E-state index contributed by atoms with van der Waals surface area (Å²) >= 11 is 0. The summed E-state index contributed by atoms with van der Waals surface area (Å²) in [6, 6.07) is 11.5. The lowest BCUT2D eigenvalue weighted by molar-refractivity contribution is -0.119. The Balaban J connectivity index is 1.51. The molecule has 162 valence electrons. The van der Waals surface area contributed by atoms with Crippen LogP contribution in [0.15, 0.2) is 51.8 Å². The van der Waals surface area contributed by atoms with E-state index in [2.05, 4.69) is 15.5 Å². The zero-order chi connectivity index (χ0) is 22.2. The molecule has 1 N–H and O–H groups in total. The number of carbonyl (C=O) groups excluding carboxylic acids is 1. The molecule has 1 fully saturated rings. The van der Waals surface area contributed by atoms with Crippen molar-refractivity contribution in [2.45, 2.75) is 44.6 Å². The normalized spacial score (nSPS) is 17.1. The molecule has 31 heavy (non-hydrogen) atoms. The van der Waals surface area contributed by atoms with Gasteiger partial charge >= 0.3 is 6.01 Å². The molecule has 2 heterocycles. The highest BCUT2D eigenvalue weighted by molar-refractivity contribution is 7.89. The Labute approximate surface area is 181 Å². The Morgan fingerprint density at radius 2 is 1.81 bits per heavy atom. The van der Waals surface area contributed by atoms with Crippen molar-refractivity contribution in [1.29, 1.82) is 0 Å². The Hall–Kier alpha value is -3.04. The van der Waals surface area contributed by atoms with E-state index < -0.39 is 22.0 Å². The number of nitrogens with one attached hydrogen (secondary N) is 1. The molecule has 1 aliphatic heterocycles. The molecule has 9 heteroatoms. The molecule has 1 atom stereocenters. The van der Waals surface area contributed by atoms with Crippen LogP contribution < -0.4 is 5.32 Å². The Kier molecular flexibility index (Phi) is 5.63. The summed E-state index contributed by atoms with van der Waals surface area (Å²) in [4.78, 5) is 13.0. The molecule has 1 amide bonds. The maximum absolute atomic E-state index is 13.1. The molecule has 2 aromatic carbocycles. The molecule has 1 aromatic heterocycles. The van der Waals surface area contributed by atoms with Gasteiger partial charge in [-0.2, -0.15) is 4.31 Å². The number of rotatable bonds is 5. The quantitative estimate of drug-likeness (QED) is 0.651. The predicted molar refractivity (Wildman–Crippen MR) is 116 cm³/mol. The van der Waals surface area contributed by atoms with Crippen LogP contribution in [-0.4, -0.2) is 41.4 Å². The Morgan fingerprint density at radius 1 is 1.06 bits per heavy atom. The van der Waals surface area contributed by atoms with Crippen LogP contribution in [0.5, 0.6) is 0 Å². The number of benzene rings is 2. The van der Waals surface area contributed by atoms with Crippen molar-refractivity contribution in [3.63, 3.8) is 0 Å². The molecular formula is C22H24N4O4S. The molecule has 1 saturated heterocycles. The predicted octanol–water partition coefficient (Wildman–Crippen LogP) is 3.45. The van der Waals surface area contributed by atoms with Crippen molar-refractivity contribution in [2.24, 2.45) is 0 Å². The first-order valence-corrected chi connectivity index (χ1v) is 11.5. The average molecular weight is 441 g/mol. The Bertz CT molecular complexity index is 1220. The monoisotopic (exact) mass is 440 g/mol. The Morgan fingerprint density at radius 3 is 2.52 bits per heavy atom. The number of hydrogen-bond acceptors (Lipinski definition) is 6. The van der Waals surface area contributed by atoms with Gasteiger partial charge in [-0.25, -0.2) is 8.42 Å². The van der Waals surface area contributed by atoms with E-state index in [-0.39, 0.29) is 23.3 Å². The third-order valence-electron chi connectivity index (χ3n) is 5.54. The second-order valence-corrected chi connectivity index (χ2v) is 9.68. The maximum atomic E-state index is 13.1. The van der Waals surface area contributed by atoms with Crippen LogP contribution in [0.25, 0.3) is 11.5 Å². The second kappa shape index (κ2) is 8.24. The lowest BCUT2D eigenvalue weighted by Gasteiger charge is -2.22. The molecule has 3 aromatic rings. The van der Waals surface area contributed by atoms with Crippen LogP contribution in [0.1, 0.15) is 29.5 Å². The van der Waals surface area contributed by atoms with Gasteiger partial charge < -0.3 is 4.42 Å². The van der Waals surface area contributed by atoms with Crippen molar-refractivity contribution in [3.8, 4) is 11.5 Å². The maximum Gasteiger partial charge on any atom is 0.322 e. The van der Waals surface area contributed by atoms with Gasteiger partial charge in [-0.15, -0.1) is 5.10 Å². The van der Waals surface area contributed by atoms with E-state index in [1.165, 1.54) is 4.31 Å². The standard InChI is InChI=1S/C22H24N4O4S/c1-14-6-10-18(11-7-14)31(28,29)26-12-4-5-19(26)20(27)23-22-25-24-21(30-22)17-9-8-15(2)16(3)13-17/h6-11,13,19H,4-5,12H2,1-3H3,(H,23,25,27). The van der Waals surface area contributed by atoms with Gasteiger partial charge in [0.05, 0.1) is 4.90 Å². The fourth-order valence-corrected chi connectivity index (χ4v) is 5.25. The number of hydrogen-bond donors (Lipinski definition) is 1. The first-order chi connectivity index (χ1) is 14.8. The summed E-state index contributed by atoms with van der Waals surface area (Å²) in [6.07, 6.45) is 1.02. The van der Waals surface area contributed by atoms with Crippen molar-refractivity contribution in [3.05, 3.63) is 59.2 Å². The number of amides is 1. The number of aryl methyl sites for hydroxylation is 3. The highest BCUT2D eigenvalue weighted by atomic mass is 32.2. The third-order valence-corrected chi connectivity index (χ3v) is 7.47. The minimum atomic E-state index is -3.78. The van der Waals surface area contributed by atoms with E-state index >= 15 is 0 Å². The number of carbonyl (C=O) groups is 1. The summed E-state index contributed by atoms with van der Waals surface area (Å²) in [7, 11) is -3.78. The topological polar surface area (TPSA) is 105 Å². The highest BCUT2D eigenvalue weighted by Crippen LogP contribution is 2.28. The summed E-state index contributed by atoms with van der Waals surface area (Å²) in [5, 5.41) is 10.5. The number of nitrogens with zero attached hydrogens (tertiary/aromatic N) is 3.